The Labute approximate surface area is 152 Å². The van der Waals surface area contributed by atoms with E-state index in [4.69, 9.17) is 0 Å². The van der Waals surface area contributed by atoms with Gasteiger partial charge in [0, 0.05) is 5.56 Å². The Hall–Kier alpha value is -2.71. The number of nitrogens with zero attached hydrogens (tertiary/aromatic N) is 3. The Morgan fingerprint density at radius 3 is 2.68 bits per heavy atom. The van der Waals surface area contributed by atoms with Crippen molar-refractivity contribution in [1.82, 2.24) is 15.6 Å². The third kappa shape index (κ3) is 5.13. The molecule has 0 spiro atoms. The highest BCUT2D eigenvalue weighted by Crippen LogP contribution is 2.28. The molecule has 2 N–H and O–H groups in total. The number of phenols is 1. The average Bonchev–Trinajstić information content (AvgIpc) is 3.11. The molecule has 1 heterocycles. The summed E-state index contributed by atoms with van der Waals surface area (Å²) in [7, 11) is 0. The number of thioether (sulfide) groups is 1. The molecule has 8 heteroatoms. The van der Waals surface area contributed by atoms with Crippen molar-refractivity contribution in [2.75, 3.05) is 5.75 Å². The molecule has 6 nitrogen and oxygen atoms in total. The maximum absolute atomic E-state index is 11.8. The molecule has 0 saturated heterocycles. The van der Waals surface area contributed by atoms with E-state index >= 15 is 0 Å². The number of benzene rings is 2. The number of rotatable bonds is 6. The van der Waals surface area contributed by atoms with Gasteiger partial charge in [0.05, 0.1) is 12.0 Å². The first kappa shape index (κ1) is 17.1. The zero-order chi connectivity index (χ0) is 17.5. The highest BCUT2D eigenvalue weighted by Gasteiger charge is 2.09. The molecular formula is C17H14N4O2S2. The van der Waals surface area contributed by atoms with Crippen LogP contribution in [0.15, 0.2) is 64.0 Å². The maximum atomic E-state index is 11.8. The second-order valence-corrected chi connectivity index (χ2v) is 7.11. The van der Waals surface area contributed by atoms with E-state index < -0.39 is 0 Å². The van der Waals surface area contributed by atoms with Crippen LogP contribution in [-0.4, -0.2) is 33.2 Å². The van der Waals surface area contributed by atoms with Crippen molar-refractivity contribution in [2.45, 2.75) is 4.34 Å². The number of carbonyl (C=O) groups is 1. The van der Waals surface area contributed by atoms with Gasteiger partial charge in [0.25, 0.3) is 5.91 Å². The summed E-state index contributed by atoms with van der Waals surface area (Å²) in [6, 6.07) is 16.3. The lowest BCUT2D eigenvalue weighted by Gasteiger charge is -1.97. The van der Waals surface area contributed by atoms with Crippen LogP contribution in [0.3, 0.4) is 0 Å². The molecule has 0 atom stereocenters. The summed E-state index contributed by atoms with van der Waals surface area (Å²) in [6.45, 7) is 0. The number of hydrazone groups is 1. The van der Waals surface area contributed by atoms with E-state index in [0.717, 1.165) is 20.5 Å². The van der Waals surface area contributed by atoms with E-state index in [2.05, 4.69) is 20.7 Å². The molecule has 0 fully saturated rings. The molecule has 2 aromatic carbocycles. The zero-order valence-corrected chi connectivity index (χ0v) is 14.6. The van der Waals surface area contributed by atoms with E-state index in [-0.39, 0.29) is 17.4 Å². The standard InChI is InChI=1S/C17H14N4O2S2/c22-14-8-6-12(7-9-14)10-18-19-15(23)11-24-17-21-20-16(25-17)13-4-2-1-3-5-13/h1-10,22H,11H2,(H,19,23). The molecule has 1 amide bonds. The van der Waals surface area contributed by atoms with Crippen LogP contribution in [0.4, 0.5) is 0 Å². The van der Waals surface area contributed by atoms with Crippen molar-refractivity contribution in [3.05, 3.63) is 60.2 Å². The van der Waals surface area contributed by atoms with E-state index in [1.165, 1.54) is 29.3 Å². The first-order chi connectivity index (χ1) is 12.2. The van der Waals surface area contributed by atoms with Crippen LogP contribution >= 0.6 is 23.1 Å². The highest BCUT2D eigenvalue weighted by atomic mass is 32.2. The van der Waals surface area contributed by atoms with Crippen LogP contribution < -0.4 is 5.43 Å². The normalized spacial score (nSPS) is 10.9. The molecule has 1 aromatic heterocycles. The highest BCUT2D eigenvalue weighted by molar-refractivity contribution is 8.01. The molecule has 0 saturated carbocycles. The van der Waals surface area contributed by atoms with Crippen molar-refractivity contribution in [3.8, 4) is 16.3 Å². The van der Waals surface area contributed by atoms with Crippen LogP contribution in [0.25, 0.3) is 10.6 Å². The van der Waals surface area contributed by atoms with Gasteiger partial charge in [0.15, 0.2) is 4.34 Å². The molecule has 126 valence electrons. The maximum Gasteiger partial charge on any atom is 0.250 e. The predicted molar refractivity (Wildman–Crippen MR) is 99.9 cm³/mol. The van der Waals surface area contributed by atoms with E-state index in [0.29, 0.717) is 0 Å². The number of carbonyl (C=O) groups excluding carboxylic acids is 1. The average molecular weight is 370 g/mol. The van der Waals surface area contributed by atoms with Crippen LogP contribution in [0, 0.1) is 0 Å². The molecule has 0 aliphatic rings. The smallest absolute Gasteiger partial charge is 0.250 e. The molecule has 0 unspecified atom stereocenters. The third-order valence-corrected chi connectivity index (χ3v) is 5.16. The predicted octanol–water partition coefficient (Wildman–Crippen LogP) is 3.15. The number of nitrogens with one attached hydrogen (secondary N) is 1. The van der Waals surface area contributed by atoms with Gasteiger partial charge in [0.1, 0.15) is 10.8 Å². The first-order valence-electron chi connectivity index (χ1n) is 7.33. The van der Waals surface area contributed by atoms with Gasteiger partial charge in [-0.1, -0.05) is 53.4 Å². The fourth-order valence-corrected chi connectivity index (χ4v) is 3.51. The molecule has 0 aliphatic carbocycles. The number of amides is 1. The lowest BCUT2D eigenvalue weighted by molar-refractivity contribution is -0.118. The van der Waals surface area contributed by atoms with E-state index in [9.17, 15) is 9.90 Å². The monoisotopic (exact) mass is 370 g/mol. The number of hydrogen-bond donors (Lipinski definition) is 2. The summed E-state index contributed by atoms with van der Waals surface area (Å²) in [5, 5.41) is 22.1. The van der Waals surface area contributed by atoms with Crippen molar-refractivity contribution < 1.29 is 9.90 Å². The topological polar surface area (TPSA) is 87.5 Å². The molecule has 3 aromatic rings. The van der Waals surface area contributed by atoms with Crippen molar-refractivity contribution in [3.63, 3.8) is 0 Å². The summed E-state index contributed by atoms with van der Waals surface area (Å²) in [4.78, 5) is 11.8. The Balaban J connectivity index is 1.48. The van der Waals surface area contributed by atoms with Crippen molar-refractivity contribution in [1.29, 1.82) is 0 Å². The van der Waals surface area contributed by atoms with Gasteiger partial charge < -0.3 is 5.11 Å². The molecule has 25 heavy (non-hydrogen) atoms. The lowest BCUT2D eigenvalue weighted by Crippen LogP contribution is -2.19. The second-order valence-electron chi connectivity index (χ2n) is 4.91. The van der Waals surface area contributed by atoms with Gasteiger partial charge in [-0.3, -0.25) is 4.79 Å². The lowest BCUT2D eigenvalue weighted by atomic mass is 10.2. The SMILES string of the molecule is O=C(CSc1nnc(-c2ccccc2)s1)NN=Cc1ccc(O)cc1. The van der Waals surface area contributed by atoms with Gasteiger partial charge in [-0.15, -0.1) is 10.2 Å². The third-order valence-electron chi connectivity index (χ3n) is 3.05. The molecule has 3 rings (SSSR count). The number of aromatic nitrogens is 2. The van der Waals surface area contributed by atoms with E-state index in [1.807, 2.05) is 30.3 Å². The summed E-state index contributed by atoms with van der Waals surface area (Å²) in [6.07, 6.45) is 1.51. The van der Waals surface area contributed by atoms with Gasteiger partial charge in [-0.25, -0.2) is 5.43 Å². The van der Waals surface area contributed by atoms with E-state index in [1.54, 1.807) is 24.3 Å². The number of hydrogen-bond acceptors (Lipinski definition) is 7. The number of phenolic OH excluding ortho intramolecular Hbond substituents is 1. The summed E-state index contributed by atoms with van der Waals surface area (Å²) < 4.78 is 0.733. The largest absolute Gasteiger partial charge is 0.508 e. The van der Waals surface area contributed by atoms with Crippen molar-refractivity contribution >= 4 is 35.2 Å². The molecule has 0 aliphatic heterocycles. The Morgan fingerprint density at radius 1 is 1.16 bits per heavy atom. The van der Waals surface area contributed by atoms with Gasteiger partial charge in [0.2, 0.25) is 0 Å². The van der Waals surface area contributed by atoms with Gasteiger partial charge in [-0.05, 0) is 29.8 Å². The summed E-state index contributed by atoms with van der Waals surface area (Å²) in [5.41, 5.74) is 4.25. The Bertz CT molecular complexity index is 864. The Morgan fingerprint density at radius 2 is 1.92 bits per heavy atom. The minimum Gasteiger partial charge on any atom is -0.508 e. The minimum absolute atomic E-state index is 0.185. The number of aromatic hydroxyl groups is 1. The van der Waals surface area contributed by atoms with Crippen LogP contribution in [0.2, 0.25) is 0 Å². The fourth-order valence-electron chi connectivity index (χ4n) is 1.86. The molecule has 0 bridgehead atoms. The zero-order valence-electron chi connectivity index (χ0n) is 13.0. The van der Waals surface area contributed by atoms with Gasteiger partial charge in [-0.2, -0.15) is 5.10 Å². The first-order valence-corrected chi connectivity index (χ1v) is 9.13. The second kappa shape index (κ2) is 8.41. The van der Waals surface area contributed by atoms with Crippen LogP contribution in [0.5, 0.6) is 5.75 Å². The molecule has 0 radical (unpaired) electrons. The van der Waals surface area contributed by atoms with Crippen LogP contribution in [-0.2, 0) is 4.79 Å². The minimum atomic E-state index is -0.225. The summed E-state index contributed by atoms with van der Waals surface area (Å²) >= 11 is 2.77. The molecular weight excluding hydrogens is 356 g/mol. The van der Waals surface area contributed by atoms with Crippen LogP contribution in [0.1, 0.15) is 5.56 Å². The van der Waals surface area contributed by atoms with Crippen molar-refractivity contribution in [2.24, 2.45) is 5.10 Å². The Kier molecular flexibility index (Phi) is 5.76. The fraction of sp³-hybridized carbons (Fsp3) is 0.0588. The quantitative estimate of drug-likeness (QED) is 0.395. The summed E-state index contributed by atoms with van der Waals surface area (Å²) in [5.74, 6) is 0.164. The van der Waals surface area contributed by atoms with Gasteiger partial charge >= 0.3 is 0 Å².